The van der Waals surface area contributed by atoms with Gasteiger partial charge in [0.05, 0.1) is 25.3 Å². The lowest BCUT2D eigenvalue weighted by Gasteiger charge is -2.13. The fourth-order valence-corrected chi connectivity index (χ4v) is 2.48. The van der Waals surface area contributed by atoms with Gasteiger partial charge in [-0.05, 0) is 29.8 Å². The Morgan fingerprint density at radius 1 is 1.00 bits per heavy atom. The smallest absolute Gasteiger partial charge is 0.339 e. The number of halogens is 1. The van der Waals surface area contributed by atoms with Crippen LogP contribution in [0.4, 0.5) is 5.69 Å². The summed E-state index contributed by atoms with van der Waals surface area (Å²) in [6.07, 6.45) is 0. The molecule has 23 heavy (non-hydrogen) atoms. The van der Waals surface area contributed by atoms with E-state index in [1.54, 1.807) is 24.3 Å². The zero-order chi connectivity index (χ0) is 16.8. The van der Waals surface area contributed by atoms with Crippen molar-refractivity contribution in [3.05, 3.63) is 63.6 Å². The van der Waals surface area contributed by atoms with Gasteiger partial charge in [-0.2, -0.15) is 0 Å². The fraction of sp³-hybridized carbons (Fsp3) is 0.176. The van der Waals surface area contributed by atoms with Gasteiger partial charge in [-0.1, -0.05) is 34.1 Å². The quantitative estimate of drug-likeness (QED) is 0.805. The Bertz CT molecular complexity index is 730. The third-order valence-electron chi connectivity index (χ3n) is 3.28. The van der Waals surface area contributed by atoms with E-state index in [4.69, 9.17) is 9.47 Å². The summed E-state index contributed by atoms with van der Waals surface area (Å²) in [5, 5.41) is 3.16. The van der Waals surface area contributed by atoms with Gasteiger partial charge in [0.2, 0.25) is 0 Å². The molecule has 0 atom stereocenters. The van der Waals surface area contributed by atoms with Crippen molar-refractivity contribution >= 4 is 33.6 Å². The average molecular weight is 378 g/mol. The van der Waals surface area contributed by atoms with Gasteiger partial charge < -0.3 is 14.8 Å². The molecule has 5 nitrogen and oxygen atoms in total. The molecule has 0 saturated heterocycles. The molecule has 0 radical (unpaired) electrons. The van der Waals surface area contributed by atoms with E-state index in [2.05, 4.69) is 21.2 Å². The SMILES string of the molecule is COC(=O)c1cc(Br)ccc1CNc1ccccc1C(=O)OC. The molecule has 2 aromatic rings. The normalized spacial score (nSPS) is 10.0. The van der Waals surface area contributed by atoms with Crippen molar-refractivity contribution in [1.82, 2.24) is 0 Å². The lowest BCUT2D eigenvalue weighted by molar-refractivity contribution is 0.0591. The number of methoxy groups -OCH3 is 2. The van der Waals surface area contributed by atoms with E-state index in [0.717, 1.165) is 10.0 Å². The summed E-state index contributed by atoms with van der Waals surface area (Å²) >= 11 is 3.34. The topological polar surface area (TPSA) is 64.6 Å². The van der Waals surface area contributed by atoms with Crippen molar-refractivity contribution < 1.29 is 19.1 Å². The van der Waals surface area contributed by atoms with Gasteiger partial charge >= 0.3 is 11.9 Å². The number of carbonyl (C=O) groups excluding carboxylic acids is 2. The van der Waals surface area contributed by atoms with Gasteiger partial charge in [-0.15, -0.1) is 0 Å². The van der Waals surface area contributed by atoms with Crippen LogP contribution in [0.25, 0.3) is 0 Å². The van der Waals surface area contributed by atoms with Crippen molar-refractivity contribution in [2.75, 3.05) is 19.5 Å². The molecule has 0 unspecified atom stereocenters. The van der Waals surface area contributed by atoms with E-state index in [1.165, 1.54) is 14.2 Å². The summed E-state index contributed by atoms with van der Waals surface area (Å²) in [5.41, 5.74) is 2.30. The highest BCUT2D eigenvalue weighted by molar-refractivity contribution is 9.10. The Morgan fingerprint density at radius 2 is 1.65 bits per heavy atom. The molecule has 0 aliphatic heterocycles. The summed E-state index contributed by atoms with van der Waals surface area (Å²) in [7, 11) is 2.68. The molecule has 0 heterocycles. The molecule has 0 aliphatic carbocycles. The summed E-state index contributed by atoms with van der Waals surface area (Å²) in [5.74, 6) is -0.832. The molecule has 0 fully saturated rings. The maximum absolute atomic E-state index is 11.9. The van der Waals surface area contributed by atoms with Crippen LogP contribution in [0, 0.1) is 0 Å². The van der Waals surface area contributed by atoms with E-state index in [9.17, 15) is 9.59 Å². The van der Waals surface area contributed by atoms with E-state index in [-0.39, 0.29) is 0 Å². The first-order valence-electron chi connectivity index (χ1n) is 6.84. The van der Waals surface area contributed by atoms with E-state index < -0.39 is 11.9 Å². The molecular weight excluding hydrogens is 362 g/mol. The molecular formula is C17H16BrNO4. The molecule has 120 valence electrons. The average Bonchev–Trinajstić information content (AvgIpc) is 2.59. The molecule has 0 bridgehead atoms. The minimum absolute atomic E-state index is 0.367. The minimum atomic E-state index is -0.419. The van der Waals surface area contributed by atoms with Gasteiger partial charge in [0.1, 0.15) is 0 Å². The Hall–Kier alpha value is -2.34. The highest BCUT2D eigenvalue weighted by Gasteiger charge is 2.14. The van der Waals surface area contributed by atoms with Crippen LogP contribution in [0.2, 0.25) is 0 Å². The zero-order valence-electron chi connectivity index (χ0n) is 12.8. The third kappa shape index (κ3) is 4.10. The summed E-state index contributed by atoms with van der Waals surface area (Å²) in [6.45, 7) is 0.367. The number of nitrogens with one attached hydrogen (secondary N) is 1. The van der Waals surface area contributed by atoms with E-state index in [1.807, 2.05) is 18.2 Å². The maximum atomic E-state index is 11.9. The first-order valence-corrected chi connectivity index (χ1v) is 7.64. The third-order valence-corrected chi connectivity index (χ3v) is 3.77. The van der Waals surface area contributed by atoms with Crippen molar-refractivity contribution in [2.45, 2.75) is 6.54 Å². The number of ether oxygens (including phenoxy) is 2. The Balaban J connectivity index is 2.25. The largest absolute Gasteiger partial charge is 0.465 e. The number of para-hydroxylation sites is 1. The number of rotatable bonds is 5. The molecule has 0 spiro atoms. The second-order valence-corrected chi connectivity index (χ2v) is 5.60. The van der Waals surface area contributed by atoms with Crippen LogP contribution in [0.15, 0.2) is 46.9 Å². The van der Waals surface area contributed by atoms with Crippen LogP contribution in [0.5, 0.6) is 0 Å². The number of hydrogen-bond acceptors (Lipinski definition) is 5. The van der Waals surface area contributed by atoms with Gasteiger partial charge in [-0.3, -0.25) is 0 Å². The van der Waals surface area contributed by atoms with Crippen LogP contribution in [-0.2, 0) is 16.0 Å². The van der Waals surface area contributed by atoms with Gasteiger partial charge in [0, 0.05) is 16.7 Å². The first kappa shape index (κ1) is 17.0. The van der Waals surface area contributed by atoms with Crippen molar-refractivity contribution in [2.24, 2.45) is 0 Å². The molecule has 0 aliphatic rings. The van der Waals surface area contributed by atoms with Crippen LogP contribution >= 0.6 is 15.9 Å². The Labute approximate surface area is 142 Å². The Kier molecular flexibility index (Phi) is 5.76. The van der Waals surface area contributed by atoms with Crippen LogP contribution < -0.4 is 5.32 Å². The fourth-order valence-electron chi connectivity index (χ4n) is 2.12. The number of esters is 2. The molecule has 1 N–H and O–H groups in total. The highest BCUT2D eigenvalue weighted by Crippen LogP contribution is 2.21. The summed E-state index contributed by atoms with van der Waals surface area (Å²) in [6, 6.07) is 12.4. The molecule has 6 heteroatoms. The first-order chi connectivity index (χ1) is 11.1. The lowest BCUT2D eigenvalue weighted by Crippen LogP contribution is -2.11. The van der Waals surface area contributed by atoms with Gasteiger partial charge in [0.15, 0.2) is 0 Å². The number of hydrogen-bond donors (Lipinski definition) is 1. The van der Waals surface area contributed by atoms with Gasteiger partial charge in [0.25, 0.3) is 0 Å². The molecule has 2 aromatic carbocycles. The second-order valence-electron chi connectivity index (χ2n) is 4.68. The van der Waals surface area contributed by atoms with Gasteiger partial charge in [-0.25, -0.2) is 9.59 Å². The standard InChI is InChI=1S/C17H16BrNO4/c1-22-16(20)13-5-3-4-6-15(13)19-10-11-7-8-12(18)9-14(11)17(21)23-2/h3-9,19H,10H2,1-2H3. The van der Waals surface area contributed by atoms with Crippen molar-refractivity contribution in [3.63, 3.8) is 0 Å². The monoisotopic (exact) mass is 377 g/mol. The van der Waals surface area contributed by atoms with Crippen LogP contribution in [0.3, 0.4) is 0 Å². The highest BCUT2D eigenvalue weighted by atomic mass is 79.9. The van der Waals surface area contributed by atoms with E-state index in [0.29, 0.717) is 23.4 Å². The number of anilines is 1. The zero-order valence-corrected chi connectivity index (χ0v) is 14.3. The second kappa shape index (κ2) is 7.78. The molecule has 0 amide bonds. The lowest BCUT2D eigenvalue weighted by atomic mass is 10.1. The molecule has 0 saturated carbocycles. The summed E-state index contributed by atoms with van der Waals surface area (Å²) < 4.78 is 10.4. The van der Waals surface area contributed by atoms with Crippen LogP contribution in [0.1, 0.15) is 26.3 Å². The van der Waals surface area contributed by atoms with Crippen LogP contribution in [-0.4, -0.2) is 26.2 Å². The molecule has 2 rings (SSSR count). The molecule has 0 aromatic heterocycles. The van der Waals surface area contributed by atoms with E-state index >= 15 is 0 Å². The predicted molar refractivity (Wildman–Crippen MR) is 90.6 cm³/mol. The number of carbonyl (C=O) groups is 2. The van der Waals surface area contributed by atoms with Crippen molar-refractivity contribution in [1.29, 1.82) is 0 Å². The number of benzene rings is 2. The maximum Gasteiger partial charge on any atom is 0.339 e. The Morgan fingerprint density at radius 3 is 2.35 bits per heavy atom. The minimum Gasteiger partial charge on any atom is -0.465 e. The summed E-state index contributed by atoms with van der Waals surface area (Å²) in [4.78, 5) is 23.6. The predicted octanol–water partition coefficient (Wildman–Crippen LogP) is 3.63. The van der Waals surface area contributed by atoms with Crippen molar-refractivity contribution in [3.8, 4) is 0 Å².